The van der Waals surface area contributed by atoms with Gasteiger partial charge >= 0.3 is 3.92 Å². The van der Waals surface area contributed by atoms with Crippen molar-refractivity contribution in [3.05, 3.63) is 28.2 Å². The third-order valence-corrected chi connectivity index (χ3v) is 6.54. The summed E-state index contributed by atoms with van der Waals surface area (Å²) in [5.74, 6) is 1.16. The summed E-state index contributed by atoms with van der Waals surface area (Å²) in [7, 11) is 4.44. The van der Waals surface area contributed by atoms with Crippen LogP contribution in [0.4, 0.5) is 0 Å². The molecule has 2 unspecified atom stereocenters. The fraction of sp³-hybridized carbons (Fsp3) is 0.462. The van der Waals surface area contributed by atoms with E-state index in [1.54, 1.807) is 0 Å². The first-order valence-electron chi connectivity index (χ1n) is 5.84. The molecule has 0 bridgehead atoms. The summed E-state index contributed by atoms with van der Waals surface area (Å²) in [5.41, 5.74) is 1.14. The van der Waals surface area contributed by atoms with Gasteiger partial charge in [0.1, 0.15) is 11.3 Å². The lowest BCUT2D eigenvalue weighted by molar-refractivity contribution is 0.297. The highest BCUT2D eigenvalue weighted by Gasteiger charge is 2.24. The van der Waals surface area contributed by atoms with Gasteiger partial charge in [-0.25, -0.2) is 0 Å². The third-order valence-electron chi connectivity index (χ3n) is 3.10. The largest absolute Gasteiger partial charge is 0.310 e. The summed E-state index contributed by atoms with van der Waals surface area (Å²) in [4.78, 5) is 6.92. The topological polar surface area (TPSA) is 16.1 Å². The number of para-hydroxylation sites is 1. The van der Waals surface area contributed by atoms with E-state index in [0.29, 0.717) is 6.04 Å². The SMILES string of the molecule is CCC(C[s+]1c(Br)nc2ccccc21)N(C)C. The lowest BCUT2D eigenvalue weighted by Gasteiger charge is -2.18. The minimum Gasteiger partial charge on any atom is -0.302 e. The molecule has 2 rings (SSSR count). The van der Waals surface area contributed by atoms with E-state index in [4.69, 9.17) is 0 Å². The van der Waals surface area contributed by atoms with E-state index in [1.165, 1.54) is 11.1 Å². The Morgan fingerprint density at radius 2 is 2.06 bits per heavy atom. The van der Waals surface area contributed by atoms with Crippen LogP contribution < -0.4 is 0 Å². The maximum atomic E-state index is 4.61. The van der Waals surface area contributed by atoms with E-state index in [2.05, 4.69) is 71.1 Å². The van der Waals surface area contributed by atoms with Gasteiger partial charge in [-0.15, -0.1) is 0 Å². The zero-order valence-electron chi connectivity index (χ0n) is 10.5. The first kappa shape index (κ1) is 13.0. The van der Waals surface area contributed by atoms with Crippen LogP contribution in [0.2, 0.25) is 0 Å². The summed E-state index contributed by atoms with van der Waals surface area (Å²) in [6, 6.07) is 9.08. The van der Waals surface area contributed by atoms with Crippen LogP contribution in [-0.2, 0) is 5.75 Å². The van der Waals surface area contributed by atoms with Crippen molar-refractivity contribution in [1.29, 1.82) is 0 Å². The zero-order valence-corrected chi connectivity index (χ0v) is 12.9. The number of hydrogen-bond donors (Lipinski definition) is 0. The minimum absolute atomic E-state index is 0.127. The molecule has 17 heavy (non-hydrogen) atoms. The van der Waals surface area contributed by atoms with Crippen LogP contribution in [0.1, 0.15) is 13.3 Å². The van der Waals surface area contributed by atoms with Gasteiger partial charge in [0.15, 0.2) is 0 Å². The zero-order chi connectivity index (χ0) is 12.4. The van der Waals surface area contributed by atoms with Crippen molar-refractivity contribution < 1.29 is 0 Å². The van der Waals surface area contributed by atoms with Crippen molar-refractivity contribution in [2.24, 2.45) is 0 Å². The van der Waals surface area contributed by atoms with Crippen LogP contribution in [-0.4, -0.2) is 30.0 Å². The quantitative estimate of drug-likeness (QED) is 0.790. The van der Waals surface area contributed by atoms with Gasteiger partial charge in [-0.05, 0) is 26.6 Å². The Morgan fingerprint density at radius 1 is 1.35 bits per heavy atom. The molecule has 2 atom stereocenters. The molecule has 0 aliphatic carbocycles. The van der Waals surface area contributed by atoms with E-state index >= 15 is 0 Å². The Labute approximate surface area is 114 Å². The highest BCUT2D eigenvalue weighted by molar-refractivity contribution is 9.11. The number of halogens is 1. The molecule has 0 aliphatic heterocycles. The Hall–Kier alpha value is -0.450. The maximum Gasteiger partial charge on any atom is 0.310 e. The molecule has 0 spiro atoms. The van der Waals surface area contributed by atoms with Crippen molar-refractivity contribution in [2.75, 3.05) is 14.1 Å². The van der Waals surface area contributed by atoms with Gasteiger partial charge in [-0.3, -0.25) is 0 Å². The average Bonchev–Trinajstić information content (AvgIpc) is 2.61. The smallest absolute Gasteiger partial charge is 0.302 e. The number of fused-ring (bicyclic) bond motifs is 1. The molecule has 0 N–H and O–H groups in total. The van der Waals surface area contributed by atoms with Crippen LogP contribution in [0.15, 0.2) is 28.2 Å². The molecule has 1 aromatic heterocycles. The van der Waals surface area contributed by atoms with Gasteiger partial charge < -0.3 is 4.90 Å². The molecule has 4 heteroatoms. The molecule has 1 heterocycles. The van der Waals surface area contributed by atoms with Crippen molar-refractivity contribution in [3.8, 4) is 0 Å². The first-order chi connectivity index (χ1) is 8.13. The van der Waals surface area contributed by atoms with E-state index in [-0.39, 0.29) is 10.5 Å². The molecular formula is C13H18BrN2S+. The van der Waals surface area contributed by atoms with Gasteiger partial charge in [0, 0.05) is 32.5 Å². The predicted molar refractivity (Wildman–Crippen MR) is 79.7 cm³/mol. The Balaban J connectivity index is 2.37. The fourth-order valence-electron chi connectivity index (χ4n) is 1.98. The summed E-state index contributed by atoms with van der Waals surface area (Å²) >= 11 is 3.64. The molecule has 1 aromatic carbocycles. The van der Waals surface area contributed by atoms with E-state index in [1.807, 2.05) is 0 Å². The van der Waals surface area contributed by atoms with Gasteiger partial charge in [0.2, 0.25) is 4.70 Å². The molecule has 92 valence electrons. The minimum atomic E-state index is 0.127. The monoisotopic (exact) mass is 313 g/mol. The van der Waals surface area contributed by atoms with Crippen molar-refractivity contribution in [1.82, 2.24) is 9.88 Å². The van der Waals surface area contributed by atoms with Gasteiger partial charge in [-0.1, -0.05) is 19.1 Å². The number of benzene rings is 1. The number of nitrogens with zero attached hydrogens (tertiary/aromatic N) is 2. The van der Waals surface area contributed by atoms with Crippen LogP contribution in [0.5, 0.6) is 0 Å². The van der Waals surface area contributed by atoms with E-state index in [0.717, 1.165) is 15.2 Å². The van der Waals surface area contributed by atoms with E-state index < -0.39 is 0 Å². The molecule has 0 fully saturated rings. The Bertz CT molecular complexity index is 507. The van der Waals surface area contributed by atoms with Gasteiger partial charge in [0.25, 0.3) is 0 Å². The Morgan fingerprint density at radius 3 is 2.71 bits per heavy atom. The summed E-state index contributed by atoms with van der Waals surface area (Å²) in [5, 5.41) is 0. The van der Waals surface area contributed by atoms with Crippen LogP contribution >= 0.6 is 26.4 Å². The number of hydrogen-bond acceptors (Lipinski definition) is 2. The number of aromatic nitrogens is 1. The molecule has 0 saturated heterocycles. The average molecular weight is 314 g/mol. The van der Waals surface area contributed by atoms with Crippen molar-refractivity contribution >= 4 is 36.6 Å². The third kappa shape index (κ3) is 2.69. The van der Waals surface area contributed by atoms with Crippen LogP contribution in [0, 0.1) is 0 Å². The normalized spacial score (nSPS) is 14.5. The molecule has 0 saturated carbocycles. The Kier molecular flexibility index (Phi) is 4.17. The fourth-order valence-corrected chi connectivity index (χ4v) is 5.33. The first-order valence-corrected chi connectivity index (χ1v) is 8.02. The van der Waals surface area contributed by atoms with Crippen molar-refractivity contribution in [3.63, 3.8) is 0 Å². The van der Waals surface area contributed by atoms with Crippen LogP contribution in [0.3, 0.4) is 0 Å². The highest BCUT2D eigenvalue weighted by Crippen LogP contribution is 2.39. The molecule has 2 aromatic rings. The number of likely N-dealkylation sites (N-methyl/N-ethyl adjacent to an activating group) is 1. The lowest BCUT2D eigenvalue weighted by Crippen LogP contribution is -2.27. The summed E-state index contributed by atoms with van der Waals surface area (Å²) in [6.45, 7) is 2.25. The highest BCUT2D eigenvalue weighted by atomic mass is 79.9. The number of rotatable bonds is 4. The second-order valence-electron chi connectivity index (χ2n) is 4.42. The lowest BCUT2D eigenvalue weighted by atomic mass is 10.2. The number of thiazole rings is 1. The summed E-state index contributed by atoms with van der Waals surface area (Å²) < 4.78 is 2.50. The molecule has 2 nitrogen and oxygen atoms in total. The van der Waals surface area contributed by atoms with E-state index in [9.17, 15) is 0 Å². The maximum absolute atomic E-state index is 4.61. The molecule has 0 radical (unpaired) electrons. The second-order valence-corrected chi connectivity index (χ2v) is 7.63. The summed E-state index contributed by atoms with van der Waals surface area (Å²) in [6.07, 6.45) is 1.18. The standard InChI is InChI=1S/C13H18BrN2S/c1-4-10(16(2)3)9-17-12-8-6-5-7-11(12)15-13(17)14/h5-8,10H,4,9H2,1-3H3/q+1. The van der Waals surface area contributed by atoms with Gasteiger partial charge in [-0.2, -0.15) is 4.98 Å². The van der Waals surface area contributed by atoms with Gasteiger partial charge in [0.05, 0.1) is 6.04 Å². The molecular weight excluding hydrogens is 296 g/mol. The van der Waals surface area contributed by atoms with Crippen LogP contribution in [0.25, 0.3) is 10.2 Å². The molecule has 0 aliphatic rings. The van der Waals surface area contributed by atoms with Crippen molar-refractivity contribution in [2.45, 2.75) is 25.1 Å². The second kappa shape index (κ2) is 5.46. The predicted octanol–water partition coefficient (Wildman–Crippen LogP) is 4.09. The molecule has 0 amide bonds.